The molecule has 0 heterocycles. The Balaban J connectivity index is 2.18. The van der Waals surface area contributed by atoms with Crippen LogP contribution in [0.5, 0.6) is 0 Å². The maximum Gasteiger partial charge on any atom is 0.152 e. The van der Waals surface area contributed by atoms with Gasteiger partial charge in [0.2, 0.25) is 0 Å². The molecule has 1 aliphatic rings. The lowest BCUT2D eigenvalue weighted by Crippen LogP contribution is -2.49. The average molecular weight is 225 g/mol. The van der Waals surface area contributed by atoms with E-state index >= 15 is 0 Å². The van der Waals surface area contributed by atoms with Crippen molar-refractivity contribution < 1.29 is 4.79 Å². The summed E-state index contributed by atoms with van der Waals surface area (Å²) in [5, 5.41) is 0. The molecule has 0 bridgehead atoms. The number of Topliss-reactive ketones (excluding diaryl/α,β-unsaturated/α-hetero) is 1. The van der Waals surface area contributed by atoms with Gasteiger partial charge in [0, 0.05) is 6.42 Å². The molecule has 1 saturated carbocycles. The van der Waals surface area contributed by atoms with E-state index in [-0.39, 0.29) is 0 Å². The Bertz CT molecular complexity index is 207. The number of nitrogens with two attached hydrogens (primary N) is 1. The molecule has 0 aliphatic heterocycles. The molecule has 0 unspecified atom stereocenters. The zero-order valence-electron chi connectivity index (χ0n) is 10.8. The topological polar surface area (TPSA) is 43.1 Å². The van der Waals surface area contributed by atoms with Crippen LogP contribution in [0.1, 0.15) is 77.6 Å². The fourth-order valence-electron chi connectivity index (χ4n) is 2.60. The molecule has 0 spiro atoms. The summed E-state index contributed by atoms with van der Waals surface area (Å²) >= 11 is 0. The zero-order chi connectivity index (χ0) is 11.9. The minimum Gasteiger partial charge on any atom is -0.319 e. The summed E-state index contributed by atoms with van der Waals surface area (Å²) in [5.41, 5.74) is 5.74. The normalized spacial score (nSPS) is 19.6. The SMILES string of the molecule is CCCCCCCC(=O)C1(N)CCCCC1. The summed E-state index contributed by atoms with van der Waals surface area (Å²) in [5.74, 6) is 0.323. The molecule has 1 aliphatic carbocycles. The zero-order valence-corrected chi connectivity index (χ0v) is 10.8. The smallest absolute Gasteiger partial charge is 0.152 e. The van der Waals surface area contributed by atoms with E-state index in [0.29, 0.717) is 12.2 Å². The highest BCUT2D eigenvalue weighted by Crippen LogP contribution is 2.28. The molecule has 1 rings (SSSR count). The van der Waals surface area contributed by atoms with Gasteiger partial charge in [0.05, 0.1) is 5.54 Å². The van der Waals surface area contributed by atoms with E-state index in [9.17, 15) is 4.79 Å². The first-order chi connectivity index (χ1) is 7.69. The van der Waals surface area contributed by atoms with E-state index in [1.54, 1.807) is 0 Å². The van der Waals surface area contributed by atoms with Gasteiger partial charge < -0.3 is 5.73 Å². The van der Waals surface area contributed by atoms with Gasteiger partial charge in [-0.05, 0) is 19.3 Å². The summed E-state index contributed by atoms with van der Waals surface area (Å²) in [4.78, 5) is 12.0. The van der Waals surface area contributed by atoms with Crippen LogP contribution in [0.15, 0.2) is 0 Å². The number of ketones is 1. The second-order valence-electron chi connectivity index (χ2n) is 5.30. The van der Waals surface area contributed by atoms with Crippen molar-refractivity contribution in [3.05, 3.63) is 0 Å². The Labute approximate surface area is 100.0 Å². The molecule has 0 atom stereocenters. The highest BCUT2D eigenvalue weighted by molar-refractivity contribution is 5.88. The van der Waals surface area contributed by atoms with Crippen LogP contribution < -0.4 is 5.73 Å². The number of carbonyl (C=O) groups is 1. The average Bonchev–Trinajstić information content (AvgIpc) is 2.29. The van der Waals surface area contributed by atoms with Crippen LogP contribution in [0.2, 0.25) is 0 Å². The van der Waals surface area contributed by atoms with Gasteiger partial charge >= 0.3 is 0 Å². The van der Waals surface area contributed by atoms with E-state index in [1.165, 1.54) is 32.1 Å². The number of hydrogen-bond donors (Lipinski definition) is 1. The highest BCUT2D eigenvalue weighted by atomic mass is 16.1. The third kappa shape index (κ3) is 4.25. The fraction of sp³-hybridized carbons (Fsp3) is 0.929. The van der Waals surface area contributed by atoms with Crippen molar-refractivity contribution in [2.24, 2.45) is 5.73 Å². The van der Waals surface area contributed by atoms with Gasteiger partial charge in [-0.3, -0.25) is 4.79 Å². The minimum atomic E-state index is -0.455. The molecule has 0 aromatic heterocycles. The lowest BCUT2D eigenvalue weighted by Gasteiger charge is -2.31. The lowest BCUT2D eigenvalue weighted by molar-refractivity contribution is -0.125. The van der Waals surface area contributed by atoms with Crippen LogP contribution in [0.25, 0.3) is 0 Å². The van der Waals surface area contributed by atoms with Gasteiger partial charge in [-0.2, -0.15) is 0 Å². The van der Waals surface area contributed by atoms with Crippen molar-refractivity contribution in [2.75, 3.05) is 0 Å². The molecule has 0 aromatic carbocycles. The highest BCUT2D eigenvalue weighted by Gasteiger charge is 2.33. The molecule has 2 nitrogen and oxygen atoms in total. The Morgan fingerprint density at radius 3 is 2.31 bits per heavy atom. The summed E-state index contributed by atoms with van der Waals surface area (Å²) in [6, 6.07) is 0. The monoisotopic (exact) mass is 225 g/mol. The summed E-state index contributed by atoms with van der Waals surface area (Å²) in [7, 11) is 0. The third-order valence-corrected chi connectivity index (χ3v) is 3.81. The van der Waals surface area contributed by atoms with Gasteiger partial charge in [-0.1, -0.05) is 51.9 Å². The van der Waals surface area contributed by atoms with E-state index in [1.807, 2.05) is 0 Å². The van der Waals surface area contributed by atoms with Gasteiger partial charge in [0.25, 0.3) is 0 Å². The summed E-state index contributed by atoms with van der Waals surface area (Å²) < 4.78 is 0. The van der Waals surface area contributed by atoms with Crippen LogP contribution in [-0.2, 0) is 4.79 Å². The lowest BCUT2D eigenvalue weighted by atomic mass is 9.78. The van der Waals surface area contributed by atoms with E-state index < -0.39 is 5.54 Å². The number of rotatable bonds is 7. The summed E-state index contributed by atoms with van der Waals surface area (Å²) in [6.07, 6.45) is 12.1. The maximum atomic E-state index is 12.0. The fourth-order valence-corrected chi connectivity index (χ4v) is 2.60. The molecule has 16 heavy (non-hydrogen) atoms. The molecule has 0 radical (unpaired) electrons. The van der Waals surface area contributed by atoms with Crippen molar-refractivity contribution in [2.45, 2.75) is 83.1 Å². The first kappa shape index (κ1) is 13.7. The van der Waals surface area contributed by atoms with Gasteiger partial charge in [-0.15, -0.1) is 0 Å². The van der Waals surface area contributed by atoms with E-state index in [0.717, 1.165) is 32.1 Å². The first-order valence-corrected chi connectivity index (χ1v) is 7.01. The quantitative estimate of drug-likeness (QED) is 0.673. The largest absolute Gasteiger partial charge is 0.319 e. The Morgan fingerprint density at radius 1 is 1.06 bits per heavy atom. The third-order valence-electron chi connectivity index (χ3n) is 3.81. The Kier molecular flexibility index (Phi) is 6.04. The molecule has 94 valence electrons. The molecule has 1 fully saturated rings. The van der Waals surface area contributed by atoms with Gasteiger partial charge in [-0.25, -0.2) is 0 Å². The van der Waals surface area contributed by atoms with Crippen molar-refractivity contribution in [3.63, 3.8) is 0 Å². The number of hydrogen-bond acceptors (Lipinski definition) is 2. The molecule has 0 aromatic rings. The second-order valence-corrected chi connectivity index (χ2v) is 5.30. The van der Waals surface area contributed by atoms with Crippen molar-refractivity contribution in [1.82, 2.24) is 0 Å². The van der Waals surface area contributed by atoms with Crippen LogP contribution in [-0.4, -0.2) is 11.3 Å². The predicted octanol–water partition coefficient (Wildman–Crippen LogP) is 3.58. The molecular weight excluding hydrogens is 198 g/mol. The molecular formula is C14H27NO. The van der Waals surface area contributed by atoms with Crippen molar-refractivity contribution in [3.8, 4) is 0 Å². The van der Waals surface area contributed by atoms with Crippen LogP contribution in [0, 0.1) is 0 Å². The first-order valence-electron chi connectivity index (χ1n) is 7.01. The standard InChI is InChI=1S/C14H27NO/c1-2-3-4-5-7-10-13(16)14(15)11-8-6-9-12-14/h2-12,15H2,1H3. The molecule has 2 N–H and O–H groups in total. The molecule has 2 heteroatoms. The number of unbranched alkanes of at least 4 members (excludes halogenated alkanes) is 4. The predicted molar refractivity (Wildman–Crippen MR) is 68.4 cm³/mol. The maximum absolute atomic E-state index is 12.0. The van der Waals surface area contributed by atoms with Crippen LogP contribution in [0.4, 0.5) is 0 Å². The van der Waals surface area contributed by atoms with E-state index in [2.05, 4.69) is 6.92 Å². The van der Waals surface area contributed by atoms with E-state index in [4.69, 9.17) is 5.73 Å². The molecule has 0 amide bonds. The van der Waals surface area contributed by atoms with Gasteiger partial charge in [0.1, 0.15) is 0 Å². The number of carbonyl (C=O) groups excluding carboxylic acids is 1. The van der Waals surface area contributed by atoms with Crippen molar-refractivity contribution in [1.29, 1.82) is 0 Å². The van der Waals surface area contributed by atoms with Crippen LogP contribution >= 0.6 is 0 Å². The second kappa shape index (κ2) is 7.05. The summed E-state index contributed by atoms with van der Waals surface area (Å²) in [6.45, 7) is 2.21. The van der Waals surface area contributed by atoms with Crippen molar-refractivity contribution >= 4 is 5.78 Å². The van der Waals surface area contributed by atoms with Gasteiger partial charge in [0.15, 0.2) is 5.78 Å². The Hall–Kier alpha value is -0.370. The minimum absolute atomic E-state index is 0.323. The van der Waals surface area contributed by atoms with Crippen LogP contribution in [0.3, 0.4) is 0 Å². The molecule has 0 saturated heterocycles. The Morgan fingerprint density at radius 2 is 1.69 bits per heavy atom.